The standard InChI is InChI=1S/C69H73BN2/c1-65(2,3)51-25-29-55(30-26-51)71-60-32-28-53(67(7,8)9)39-58(60)70-57-36-49-42-69(13,14)43-50(49)37-61(57)72(63-41-54(68(10,11)12)40-62(71)64(63)70)59-31-27-52(66(4,5)6)38-56(59)48-34-46(44-21-17-15-18-22-44)33-47(35-48)45-23-19-16-20-24-45/h15-41H,42-43H2,1-14H3. The summed E-state index contributed by atoms with van der Waals surface area (Å²) < 4.78 is 0. The van der Waals surface area contributed by atoms with E-state index in [2.05, 4.69) is 271 Å². The molecule has 0 radical (unpaired) electrons. The van der Waals surface area contributed by atoms with Gasteiger partial charge in [-0.25, -0.2) is 0 Å². The Hall–Kier alpha value is -6.58. The van der Waals surface area contributed by atoms with Gasteiger partial charge in [-0.15, -0.1) is 0 Å². The number of anilines is 6. The molecule has 0 amide bonds. The van der Waals surface area contributed by atoms with Crippen LogP contribution in [-0.2, 0) is 34.5 Å². The van der Waals surface area contributed by atoms with Crippen LogP contribution in [0.2, 0.25) is 0 Å². The quantitative estimate of drug-likeness (QED) is 0.159. The fourth-order valence-corrected chi connectivity index (χ4v) is 11.9. The summed E-state index contributed by atoms with van der Waals surface area (Å²) in [6.07, 6.45) is 2.14. The van der Waals surface area contributed by atoms with Crippen LogP contribution in [0.5, 0.6) is 0 Å². The number of nitrogens with zero attached hydrogens (tertiary/aromatic N) is 2. The first-order valence-corrected chi connectivity index (χ1v) is 26.5. The van der Waals surface area contributed by atoms with Crippen molar-refractivity contribution in [2.75, 3.05) is 9.80 Å². The molecule has 72 heavy (non-hydrogen) atoms. The van der Waals surface area contributed by atoms with Crippen molar-refractivity contribution < 1.29 is 0 Å². The average Bonchev–Trinajstić information content (AvgIpc) is 3.64. The van der Waals surface area contributed by atoms with Crippen LogP contribution in [0.3, 0.4) is 0 Å². The molecule has 0 N–H and O–H groups in total. The monoisotopic (exact) mass is 941 g/mol. The Labute approximate surface area is 432 Å². The molecule has 0 unspecified atom stereocenters. The third-order valence-corrected chi connectivity index (χ3v) is 16.0. The molecule has 0 spiro atoms. The number of hydrogen-bond donors (Lipinski definition) is 0. The zero-order valence-electron chi connectivity index (χ0n) is 45.5. The summed E-state index contributed by atoms with van der Waals surface area (Å²) in [6, 6.07) is 63.8. The molecular weight excluding hydrogens is 868 g/mol. The first kappa shape index (κ1) is 47.7. The summed E-state index contributed by atoms with van der Waals surface area (Å²) in [5.41, 5.74) is 27.2. The first-order chi connectivity index (χ1) is 33.9. The third-order valence-electron chi connectivity index (χ3n) is 16.0. The summed E-state index contributed by atoms with van der Waals surface area (Å²) in [5, 5.41) is 0. The Bertz CT molecular complexity index is 3350. The van der Waals surface area contributed by atoms with Crippen molar-refractivity contribution in [3.05, 3.63) is 197 Å². The van der Waals surface area contributed by atoms with Gasteiger partial charge in [0.15, 0.2) is 0 Å². The van der Waals surface area contributed by atoms with E-state index >= 15 is 0 Å². The maximum Gasteiger partial charge on any atom is 0.252 e. The van der Waals surface area contributed by atoms with Crippen molar-refractivity contribution in [2.45, 2.75) is 131 Å². The predicted octanol–water partition coefficient (Wildman–Crippen LogP) is 17.1. The number of fused-ring (bicyclic) bond motifs is 5. The lowest BCUT2D eigenvalue weighted by Crippen LogP contribution is -2.61. The molecular formula is C69H73BN2. The number of benzene rings is 8. The van der Waals surface area contributed by atoms with Crippen molar-refractivity contribution in [3.63, 3.8) is 0 Å². The van der Waals surface area contributed by atoms with Crippen molar-refractivity contribution >= 4 is 57.2 Å². The summed E-state index contributed by atoms with van der Waals surface area (Å²) in [5.74, 6) is 0. The van der Waals surface area contributed by atoms with Crippen molar-refractivity contribution in [1.82, 2.24) is 0 Å². The smallest absolute Gasteiger partial charge is 0.252 e. The van der Waals surface area contributed by atoms with Crippen LogP contribution in [0.25, 0.3) is 33.4 Å². The molecule has 2 nitrogen and oxygen atoms in total. The van der Waals surface area contributed by atoms with Crippen LogP contribution in [0.1, 0.15) is 130 Å². The Morgan fingerprint density at radius 3 is 1.36 bits per heavy atom. The van der Waals surface area contributed by atoms with Crippen LogP contribution >= 0.6 is 0 Å². The largest absolute Gasteiger partial charge is 0.311 e. The van der Waals surface area contributed by atoms with Gasteiger partial charge in [0.05, 0.1) is 5.69 Å². The fraction of sp³-hybridized carbons (Fsp3) is 0.304. The molecule has 8 aromatic rings. The molecule has 0 bridgehead atoms. The van der Waals surface area contributed by atoms with Gasteiger partial charge < -0.3 is 9.80 Å². The summed E-state index contributed by atoms with van der Waals surface area (Å²) in [4.78, 5) is 5.32. The van der Waals surface area contributed by atoms with Gasteiger partial charge in [0, 0.05) is 34.0 Å². The molecule has 0 aromatic heterocycles. The molecule has 0 saturated carbocycles. The van der Waals surface area contributed by atoms with Crippen molar-refractivity contribution in [2.24, 2.45) is 5.41 Å². The van der Waals surface area contributed by atoms with E-state index < -0.39 is 0 Å². The average molecular weight is 941 g/mol. The molecule has 8 aromatic carbocycles. The maximum atomic E-state index is 2.71. The van der Waals surface area contributed by atoms with Crippen LogP contribution in [0.4, 0.5) is 34.1 Å². The van der Waals surface area contributed by atoms with Gasteiger partial charge in [-0.2, -0.15) is 0 Å². The molecule has 11 rings (SSSR count). The minimum Gasteiger partial charge on any atom is -0.311 e. The van der Waals surface area contributed by atoms with Gasteiger partial charge in [-0.3, -0.25) is 0 Å². The van der Waals surface area contributed by atoms with Crippen LogP contribution in [0.15, 0.2) is 164 Å². The van der Waals surface area contributed by atoms with E-state index in [1.54, 1.807) is 0 Å². The van der Waals surface area contributed by atoms with Crippen LogP contribution in [-0.4, -0.2) is 6.71 Å². The second-order valence-corrected chi connectivity index (χ2v) is 26.3. The van der Waals surface area contributed by atoms with Gasteiger partial charge in [0.1, 0.15) is 0 Å². The summed E-state index contributed by atoms with van der Waals surface area (Å²) in [6.45, 7) is 33.1. The van der Waals surface area contributed by atoms with Gasteiger partial charge >= 0.3 is 0 Å². The lowest BCUT2D eigenvalue weighted by atomic mass is 9.33. The second-order valence-electron chi connectivity index (χ2n) is 26.3. The highest BCUT2D eigenvalue weighted by atomic mass is 15.2. The molecule has 0 saturated heterocycles. The van der Waals surface area contributed by atoms with E-state index in [1.165, 1.54) is 117 Å². The van der Waals surface area contributed by atoms with Crippen molar-refractivity contribution in [1.29, 1.82) is 0 Å². The first-order valence-electron chi connectivity index (χ1n) is 26.5. The minimum absolute atomic E-state index is 0.0232. The normalized spacial score (nSPS) is 15.0. The van der Waals surface area contributed by atoms with E-state index in [9.17, 15) is 0 Å². The highest BCUT2D eigenvalue weighted by Crippen LogP contribution is 2.51. The summed E-state index contributed by atoms with van der Waals surface area (Å²) in [7, 11) is 0. The van der Waals surface area contributed by atoms with Gasteiger partial charge in [0.2, 0.25) is 0 Å². The Morgan fingerprint density at radius 2 is 0.819 bits per heavy atom. The Balaban J connectivity index is 1.27. The molecule has 1 aliphatic carbocycles. The van der Waals surface area contributed by atoms with E-state index in [0.717, 1.165) is 12.8 Å². The zero-order chi connectivity index (χ0) is 50.9. The Kier molecular flexibility index (Phi) is 11.1. The van der Waals surface area contributed by atoms with E-state index in [1.807, 2.05) is 0 Å². The summed E-state index contributed by atoms with van der Waals surface area (Å²) >= 11 is 0. The van der Waals surface area contributed by atoms with Crippen LogP contribution in [0, 0.1) is 5.41 Å². The molecule has 3 heteroatoms. The SMILES string of the molecule is CC1(C)Cc2cc3c(cc2C1)N(c1ccc(C(C)(C)C)cc1-c1cc(-c2ccccc2)cc(-c2ccccc2)c1)c1cc(C(C)(C)C)cc2c1B3c1cc(C(C)(C)C)ccc1N2c1ccc(C(C)(C)C)cc1. The fourth-order valence-electron chi connectivity index (χ4n) is 11.9. The molecule has 362 valence electrons. The van der Waals surface area contributed by atoms with Crippen molar-refractivity contribution in [3.8, 4) is 33.4 Å². The zero-order valence-corrected chi connectivity index (χ0v) is 45.5. The van der Waals surface area contributed by atoms with E-state index in [-0.39, 0.29) is 33.8 Å². The van der Waals surface area contributed by atoms with E-state index in [0.29, 0.717) is 0 Å². The molecule has 0 fully saturated rings. The lowest BCUT2D eigenvalue weighted by Gasteiger charge is -2.46. The van der Waals surface area contributed by atoms with E-state index in [4.69, 9.17) is 0 Å². The lowest BCUT2D eigenvalue weighted by molar-refractivity contribution is 0.392. The topological polar surface area (TPSA) is 6.48 Å². The number of hydrogen-bond acceptors (Lipinski definition) is 2. The Morgan fingerprint density at radius 1 is 0.361 bits per heavy atom. The highest BCUT2D eigenvalue weighted by molar-refractivity contribution is 7.00. The molecule has 2 aliphatic heterocycles. The van der Waals surface area contributed by atoms with Gasteiger partial charge in [0.25, 0.3) is 6.71 Å². The molecule has 3 aliphatic rings. The molecule has 0 atom stereocenters. The molecule has 2 heterocycles. The van der Waals surface area contributed by atoms with Gasteiger partial charge in [-0.1, -0.05) is 194 Å². The predicted molar refractivity (Wildman–Crippen MR) is 313 cm³/mol. The highest BCUT2D eigenvalue weighted by Gasteiger charge is 2.46. The minimum atomic E-state index is -0.138. The van der Waals surface area contributed by atoms with Crippen LogP contribution < -0.4 is 26.2 Å². The second kappa shape index (κ2) is 16.7. The third kappa shape index (κ3) is 8.41. The van der Waals surface area contributed by atoms with Gasteiger partial charge in [-0.05, 0) is 184 Å². The maximum absolute atomic E-state index is 2.71. The number of rotatable bonds is 5.